The van der Waals surface area contributed by atoms with Gasteiger partial charge >= 0.3 is 0 Å². The summed E-state index contributed by atoms with van der Waals surface area (Å²) in [5, 5.41) is 4.21. The number of carbonyl (C=O) groups excluding carboxylic acids is 1. The van der Waals surface area contributed by atoms with Crippen molar-refractivity contribution in [1.29, 1.82) is 0 Å². The number of pyridine rings is 1. The molecule has 1 saturated heterocycles. The Morgan fingerprint density at radius 3 is 2.83 bits per heavy atom. The van der Waals surface area contributed by atoms with Crippen LogP contribution < -0.4 is 0 Å². The van der Waals surface area contributed by atoms with Gasteiger partial charge in [0.25, 0.3) is 5.91 Å². The molecule has 1 aliphatic heterocycles. The second-order valence-electron chi connectivity index (χ2n) is 6.11. The van der Waals surface area contributed by atoms with Gasteiger partial charge in [-0.15, -0.1) is 0 Å². The number of aromatic nitrogens is 3. The van der Waals surface area contributed by atoms with Crippen LogP contribution in [0.2, 0.25) is 0 Å². The predicted octanol–water partition coefficient (Wildman–Crippen LogP) is 1.47. The number of rotatable bonds is 3. The van der Waals surface area contributed by atoms with E-state index in [1.54, 1.807) is 6.07 Å². The van der Waals surface area contributed by atoms with Crippen LogP contribution in [0.3, 0.4) is 0 Å². The van der Waals surface area contributed by atoms with Crippen LogP contribution >= 0.6 is 0 Å². The van der Waals surface area contributed by atoms with Crippen LogP contribution in [0.25, 0.3) is 0 Å². The molecule has 0 spiro atoms. The molecule has 0 atom stereocenters. The molecule has 6 heteroatoms. The fourth-order valence-corrected chi connectivity index (χ4v) is 2.97. The van der Waals surface area contributed by atoms with Gasteiger partial charge < -0.3 is 4.90 Å². The lowest BCUT2D eigenvalue weighted by atomic mass is 10.2. The minimum atomic E-state index is 0.0388. The van der Waals surface area contributed by atoms with Gasteiger partial charge in [0.2, 0.25) is 0 Å². The quantitative estimate of drug-likeness (QED) is 0.861. The third kappa shape index (κ3) is 3.96. The lowest BCUT2D eigenvalue weighted by Gasteiger charge is -2.21. The summed E-state index contributed by atoms with van der Waals surface area (Å²) in [5.74, 6) is 0.0388. The number of nitrogens with zero attached hydrogens (tertiary/aromatic N) is 5. The molecule has 0 aliphatic carbocycles. The summed E-state index contributed by atoms with van der Waals surface area (Å²) in [5.41, 5.74) is 2.64. The third-order valence-corrected chi connectivity index (χ3v) is 4.15. The first kappa shape index (κ1) is 15.7. The second kappa shape index (κ2) is 6.91. The van der Waals surface area contributed by atoms with Crippen molar-refractivity contribution in [2.24, 2.45) is 7.05 Å². The van der Waals surface area contributed by atoms with Gasteiger partial charge in [0.15, 0.2) is 0 Å². The molecule has 0 N–H and O–H groups in total. The molecule has 0 saturated carbocycles. The number of amides is 1. The maximum Gasteiger partial charge on any atom is 0.272 e. The molecule has 1 fully saturated rings. The highest BCUT2D eigenvalue weighted by Gasteiger charge is 2.21. The SMILES string of the molecule is Cc1cccc(C(=O)N2CCCN(Cc3cnn(C)c3)CC2)n1. The Labute approximate surface area is 136 Å². The zero-order valence-electron chi connectivity index (χ0n) is 13.8. The van der Waals surface area contributed by atoms with Gasteiger partial charge in [-0.2, -0.15) is 5.10 Å². The van der Waals surface area contributed by atoms with Crippen LogP contribution in [-0.4, -0.2) is 56.7 Å². The van der Waals surface area contributed by atoms with E-state index in [2.05, 4.69) is 15.0 Å². The van der Waals surface area contributed by atoms with Crippen molar-refractivity contribution in [3.63, 3.8) is 0 Å². The number of hydrogen-bond donors (Lipinski definition) is 0. The normalized spacial score (nSPS) is 16.3. The van der Waals surface area contributed by atoms with E-state index in [9.17, 15) is 4.79 Å². The smallest absolute Gasteiger partial charge is 0.272 e. The van der Waals surface area contributed by atoms with E-state index in [0.717, 1.165) is 44.8 Å². The Kier molecular flexibility index (Phi) is 4.71. The Bertz CT molecular complexity index is 681. The molecule has 2 aromatic heterocycles. The van der Waals surface area contributed by atoms with E-state index in [1.807, 2.05) is 48.1 Å². The lowest BCUT2D eigenvalue weighted by Crippen LogP contribution is -2.35. The van der Waals surface area contributed by atoms with Crippen molar-refractivity contribution in [3.8, 4) is 0 Å². The average Bonchev–Trinajstić information content (AvgIpc) is 2.80. The summed E-state index contributed by atoms with van der Waals surface area (Å²) in [6.45, 7) is 6.21. The zero-order valence-corrected chi connectivity index (χ0v) is 13.8. The van der Waals surface area contributed by atoms with E-state index in [0.29, 0.717) is 5.69 Å². The van der Waals surface area contributed by atoms with Gasteiger partial charge in [-0.1, -0.05) is 6.07 Å². The van der Waals surface area contributed by atoms with E-state index in [-0.39, 0.29) is 5.91 Å². The molecule has 0 unspecified atom stereocenters. The Hall–Kier alpha value is -2.21. The summed E-state index contributed by atoms with van der Waals surface area (Å²) in [6, 6.07) is 5.60. The molecule has 0 radical (unpaired) electrons. The average molecular weight is 313 g/mol. The monoisotopic (exact) mass is 313 g/mol. The predicted molar refractivity (Wildman–Crippen MR) is 88.0 cm³/mol. The van der Waals surface area contributed by atoms with Crippen LogP contribution in [0.15, 0.2) is 30.6 Å². The van der Waals surface area contributed by atoms with Crippen LogP contribution in [0, 0.1) is 6.92 Å². The van der Waals surface area contributed by atoms with Gasteiger partial charge in [-0.05, 0) is 25.5 Å². The highest BCUT2D eigenvalue weighted by Crippen LogP contribution is 2.11. The Balaban J connectivity index is 1.60. The summed E-state index contributed by atoms with van der Waals surface area (Å²) in [7, 11) is 1.93. The molecule has 0 aromatic carbocycles. The first-order chi connectivity index (χ1) is 11.1. The third-order valence-electron chi connectivity index (χ3n) is 4.15. The van der Waals surface area contributed by atoms with Crippen molar-refractivity contribution in [3.05, 3.63) is 47.5 Å². The van der Waals surface area contributed by atoms with Crippen molar-refractivity contribution < 1.29 is 4.79 Å². The fraction of sp³-hybridized carbons (Fsp3) is 0.471. The summed E-state index contributed by atoms with van der Waals surface area (Å²) in [4.78, 5) is 21.3. The van der Waals surface area contributed by atoms with Crippen molar-refractivity contribution in [1.82, 2.24) is 24.6 Å². The van der Waals surface area contributed by atoms with Crippen LogP contribution in [-0.2, 0) is 13.6 Å². The molecule has 2 aromatic rings. The minimum Gasteiger partial charge on any atom is -0.336 e. The molecule has 3 heterocycles. The van der Waals surface area contributed by atoms with E-state index in [1.165, 1.54) is 5.56 Å². The van der Waals surface area contributed by atoms with Crippen molar-refractivity contribution >= 4 is 5.91 Å². The highest BCUT2D eigenvalue weighted by atomic mass is 16.2. The van der Waals surface area contributed by atoms with Gasteiger partial charge in [0, 0.05) is 57.2 Å². The van der Waals surface area contributed by atoms with Crippen molar-refractivity contribution in [2.75, 3.05) is 26.2 Å². The summed E-state index contributed by atoms with van der Waals surface area (Å²) < 4.78 is 1.83. The first-order valence-electron chi connectivity index (χ1n) is 8.04. The van der Waals surface area contributed by atoms with Crippen LogP contribution in [0.5, 0.6) is 0 Å². The van der Waals surface area contributed by atoms with Gasteiger partial charge in [-0.25, -0.2) is 4.98 Å². The maximum atomic E-state index is 12.6. The highest BCUT2D eigenvalue weighted by molar-refractivity contribution is 5.92. The molecule has 0 bridgehead atoms. The number of carbonyl (C=O) groups is 1. The topological polar surface area (TPSA) is 54.3 Å². The van der Waals surface area contributed by atoms with Crippen molar-refractivity contribution in [2.45, 2.75) is 19.9 Å². The molecule has 3 rings (SSSR count). The van der Waals surface area contributed by atoms with Gasteiger partial charge in [0.05, 0.1) is 6.20 Å². The molecular weight excluding hydrogens is 290 g/mol. The van der Waals surface area contributed by atoms with E-state index >= 15 is 0 Å². The summed E-state index contributed by atoms with van der Waals surface area (Å²) in [6.07, 6.45) is 4.94. The van der Waals surface area contributed by atoms with E-state index in [4.69, 9.17) is 0 Å². The Morgan fingerprint density at radius 1 is 1.22 bits per heavy atom. The van der Waals surface area contributed by atoms with Gasteiger partial charge in [0.1, 0.15) is 5.69 Å². The first-order valence-corrected chi connectivity index (χ1v) is 8.04. The number of hydrogen-bond acceptors (Lipinski definition) is 4. The van der Waals surface area contributed by atoms with Crippen LogP contribution in [0.1, 0.15) is 28.2 Å². The minimum absolute atomic E-state index is 0.0388. The molecular formula is C17H23N5O. The maximum absolute atomic E-state index is 12.6. The fourth-order valence-electron chi connectivity index (χ4n) is 2.97. The molecule has 6 nitrogen and oxygen atoms in total. The standard InChI is InChI=1S/C17H23N5O/c1-14-5-3-6-16(19-14)17(23)22-8-4-7-21(9-10-22)13-15-11-18-20(2)12-15/h3,5-6,11-12H,4,7-10,13H2,1-2H3. The summed E-state index contributed by atoms with van der Waals surface area (Å²) >= 11 is 0. The van der Waals surface area contributed by atoms with E-state index < -0.39 is 0 Å². The molecule has 1 amide bonds. The zero-order chi connectivity index (χ0) is 16.2. The molecule has 122 valence electrons. The second-order valence-corrected chi connectivity index (χ2v) is 6.11. The largest absolute Gasteiger partial charge is 0.336 e. The number of aryl methyl sites for hydroxylation is 2. The van der Waals surface area contributed by atoms with Crippen LogP contribution in [0.4, 0.5) is 0 Å². The molecule has 1 aliphatic rings. The lowest BCUT2D eigenvalue weighted by molar-refractivity contribution is 0.0755. The van der Waals surface area contributed by atoms with Gasteiger partial charge in [-0.3, -0.25) is 14.4 Å². The molecule has 23 heavy (non-hydrogen) atoms. The Morgan fingerprint density at radius 2 is 2.09 bits per heavy atom.